The van der Waals surface area contributed by atoms with E-state index < -0.39 is 52.5 Å². The molecule has 1 heterocycles. The van der Waals surface area contributed by atoms with E-state index in [1.165, 1.54) is 55.6 Å². The van der Waals surface area contributed by atoms with Crippen LogP contribution in [0.15, 0.2) is 54.6 Å². The molecule has 1 fully saturated rings. The zero-order valence-corrected chi connectivity index (χ0v) is 24.8. The van der Waals surface area contributed by atoms with Crippen LogP contribution in [0.2, 0.25) is 10.0 Å². The highest BCUT2D eigenvalue weighted by molar-refractivity contribution is 6.31. The molecule has 7 nitrogen and oxygen atoms in total. The average molecular weight is 616 g/mol. The number of ether oxygens (including phenoxy) is 1. The van der Waals surface area contributed by atoms with E-state index in [2.05, 4.69) is 15.5 Å². The van der Waals surface area contributed by atoms with E-state index in [-0.39, 0.29) is 38.2 Å². The number of carbonyl (C=O) groups is 2. The highest BCUT2D eigenvalue weighted by Gasteiger charge is 2.66. The van der Waals surface area contributed by atoms with E-state index in [0.29, 0.717) is 6.42 Å². The van der Waals surface area contributed by atoms with Gasteiger partial charge in [-0.05, 0) is 54.3 Å². The van der Waals surface area contributed by atoms with Crippen LogP contribution in [0.3, 0.4) is 0 Å². The minimum absolute atomic E-state index is 0.0354. The third-order valence-corrected chi connectivity index (χ3v) is 7.92. The van der Waals surface area contributed by atoms with Gasteiger partial charge in [-0.2, -0.15) is 0 Å². The van der Waals surface area contributed by atoms with Crippen LogP contribution >= 0.6 is 23.2 Å². The summed E-state index contributed by atoms with van der Waals surface area (Å²) in [6.45, 7) is 14.3. The number of hydrogen-bond donors (Lipinski definition) is 3. The molecule has 3 aromatic rings. The Morgan fingerprint density at radius 1 is 1.14 bits per heavy atom. The Kier molecular flexibility index (Phi) is 8.84. The number of aromatic carboxylic acids is 1. The molecule has 0 aliphatic carbocycles. The molecule has 1 aliphatic heterocycles. The fourth-order valence-corrected chi connectivity index (χ4v) is 6.00. The second kappa shape index (κ2) is 11.9. The maximum atomic E-state index is 15.8. The SMILES string of the molecule is [C-]#[N+][C@]1(c2ccc(Cl)cc2F)[C@H](CC(C)(C)C)NC(C(=O)Nc2ccc(C(=O)O)cc2OC)[C@@H]1c1cccc(Cl)c1F. The zero-order valence-electron chi connectivity index (χ0n) is 23.3. The van der Waals surface area contributed by atoms with E-state index >= 15 is 8.78 Å². The van der Waals surface area contributed by atoms with E-state index in [4.69, 9.17) is 34.5 Å². The highest BCUT2D eigenvalue weighted by atomic mass is 35.5. The van der Waals surface area contributed by atoms with Crippen molar-refractivity contribution in [2.45, 2.75) is 50.7 Å². The Morgan fingerprint density at radius 2 is 1.86 bits per heavy atom. The lowest BCUT2D eigenvalue weighted by molar-refractivity contribution is -0.118. The lowest BCUT2D eigenvalue weighted by Gasteiger charge is -2.33. The van der Waals surface area contributed by atoms with Gasteiger partial charge in [-0.3, -0.25) is 10.1 Å². The summed E-state index contributed by atoms with van der Waals surface area (Å²) in [6, 6.07) is 10.1. The van der Waals surface area contributed by atoms with Crippen molar-refractivity contribution in [3.8, 4) is 5.75 Å². The minimum atomic E-state index is -1.80. The predicted octanol–water partition coefficient (Wildman–Crippen LogP) is 7.29. The summed E-state index contributed by atoms with van der Waals surface area (Å²) in [5.74, 6) is -4.61. The van der Waals surface area contributed by atoms with Crippen molar-refractivity contribution >= 4 is 40.8 Å². The Balaban J connectivity index is 1.95. The average Bonchev–Trinajstić information content (AvgIpc) is 3.23. The lowest BCUT2D eigenvalue weighted by Crippen LogP contribution is -2.44. The first-order chi connectivity index (χ1) is 19.7. The van der Waals surface area contributed by atoms with Gasteiger partial charge >= 0.3 is 5.97 Å². The third kappa shape index (κ3) is 5.80. The van der Waals surface area contributed by atoms with E-state index in [9.17, 15) is 14.7 Å². The number of rotatable bonds is 7. The molecule has 0 saturated carbocycles. The maximum Gasteiger partial charge on any atom is 0.335 e. The summed E-state index contributed by atoms with van der Waals surface area (Å²) in [4.78, 5) is 29.5. The normalized spacial score (nSPS) is 21.9. The number of nitrogens with one attached hydrogen (secondary N) is 2. The van der Waals surface area contributed by atoms with E-state index in [1.54, 1.807) is 0 Å². The van der Waals surface area contributed by atoms with Crippen LogP contribution in [-0.4, -0.2) is 36.2 Å². The quantitative estimate of drug-likeness (QED) is 0.243. The van der Waals surface area contributed by atoms with Gasteiger partial charge in [0.1, 0.15) is 23.4 Å². The molecule has 0 bridgehead atoms. The summed E-state index contributed by atoms with van der Waals surface area (Å²) in [6.07, 6.45) is 0.316. The molecule has 0 aromatic heterocycles. The number of amides is 1. The molecule has 1 saturated heterocycles. The Hall–Kier alpha value is -3.71. The van der Waals surface area contributed by atoms with Gasteiger partial charge in [-0.25, -0.2) is 20.1 Å². The van der Waals surface area contributed by atoms with Crippen LogP contribution in [0, 0.1) is 23.6 Å². The monoisotopic (exact) mass is 615 g/mol. The van der Waals surface area contributed by atoms with Crippen molar-refractivity contribution in [3.63, 3.8) is 0 Å². The van der Waals surface area contributed by atoms with Crippen molar-refractivity contribution in [3.05, 3.63) is 104 Å². The number of benzene rings is 3. The van der Waals surface area contributed by atoms with Crippen LogP contribution in [0.1, 0.15) is 54.6 Å². The van der Waals surface area contributed by atoms with Gasteiger partial charge < -0.3 is 20.0 Å². The number of halogens is 4. The number of carboxylic acids is 1. The van der Waals surface area contributed by atoms with Gasteiger partial charge in [0.05, 0.1) is 40.9 Å². The molecule has 4 atom stereocenters. The molecule has 0 spiro atoms. The Morgan fingerprint density at radius 3 is 2.45 bits per heavy atom. The number of nitrogens with zero attached hydrogens (tertiary/aromatic N) is 1. The molecule has 3 N–H and O–H groups in total. The fourth-order valence-electron chi connectivity index (χ4n) is 5.66. The number of hydrogen-bond acceptors (Lipinski definition) is 4. The standard InChI is InChI=1S/C31H29Cl2F2N3O4/c1-30(2,3)15-24-31(36-4,19-11-10-17(32)14-21(19)34)25(18-7-6-8-20(33)26(18)35)27(38-24)28(39)37-22-12-9-16(29(40)41)13-23(22)42-5/h6-14,24-25,27,38H,15H2,1-3,5H3,(H,37,39)(H,40,41)/t24-,25-,27?,31+/m0/s1. The number of carbonyl (C=O) groups excluding carboxylic acids is 1. The molecular formula is C31H29Cl2F2N3O4. The fraction of sp³-hybridized carbons (Fsp3) is 0.323. The summed E-state index contributed by atoms with van der Waals surface area (Å²) in [7, 11) is 1.32. The highest BCUT2D eigenvalue weighted by Crippen LogP contribution is 2.54. The number of anilines is 1. The lowest BCUT2D eigenvalue weighted by atomic mass is 9.68. The Labute approximate surface area is 252 Å². The van der Waals surface area contributed by atoms with Gasteiger partial charge in [-0.1, -0.05) is 56.1 Å². The molecular weight excluding hydrogens is 587 g/mol. The third-order valence-electron chi connectivity index (χ3n) is 7.39. The molecule has 1 unspecified atom stereocenters. The second-order valence-electron chi connectivity index (χ2n) is 11.4. The molecule has 42 heavy (non-hydrogen) atoms. The number of methoxy groups -OCH3 is 1. The van der Waals surface area contributed by atoms with Gasteiger partial charge in [-0.15, -0.1) is 0 Å². The van der Waals surface area contributed by atoms with E-state index in [1.807, 2.05) is 20.8 Å². The maximum absolute atomic E-state index is 15.8. The summed E-state index contributed by atoms with van der Waals surface area (Å²) < 4.78 is 36.8. The first-order valence-corrected chi connectivity index (χ1v) is 13.8. The van der Waals surface area contributed by atoms with Crippen LogP contribution < -0.4 is 15.4 Å². The van der Waals surface area contributed by atoms with Crippen LogP contribution in [0.25, 0.3) is 4.85 Å². The molecule has 3 aromatic carbocycles. The zero-order chi connectivity index (χ0) is 31.0. The first kappa shape index (κ1) is 31.2. The van der Waals surface area contributed by atoms with Gasteiger partial charge in [0, 0.05) is 10.6 Å². The predicted molar refractivity (Wildman–Crippen MR) is 157 cm³/mol. The molecule has 11 heteroatoms. The van der Waals surface area contributed by atoms with Gasteiger partial charge in [0.25, 0.3) is 5.54 Å². The summed E-state index contributed by atoms with van der Waals surface area (Å²) in [5, 5.41) is 15.2. The van der Waals surface area contributed by atoms with Crippen molar-refractivity contribution in [2.75, 3.05) is 12.4 Å². The van der Waals surface area contributed by atoms with Gasteiger partial charge in [0.2, 0.25) is 5.91 Å². The topological polar surface area (TPSA) is 92.0 Å². The molecule has 0 radical (unpaired) electrons. The largest absolute Gasteiger partial charge is 0.495 e. The molecule has 1 amide bonds. The summed E-state index contributed by atoms with van der Waals surface area (Å²) >= 11 is 12.2. The molecule has 1 aliphatic rings. The van der Waals surface area contributed by atoms with Crippen molar-refractivity contribution in [2.24, 2.45) is 5.41 Å². The summed E-state index contributed by atoms with van der Waals surface area (Å²) in [5.41, 5.74) is -2.16. The number of carboxylic acid groups (broad SMARTS) is 1. The smallest absolute Gasteiger partial charge is 0.335 e. The van der Waals surface area contributed by atoms with Gasteiger partial charge in [0.15, 0.2) is 0 Å². The van der Waals surface area contributed by atoms with E-state index in [0.717, 1.165) is 6.07 Å². The van der Waals surface area contributed by atoms with Crippen LogP contribution in [0.5, 0.6) is 5.75 Å². The van der Waals surface area contributed by atoms with Crippen molar-refractivity contribution in [1.29, 1.82) is 0 Å². The second-order valence-corrected chi connectivity index (χ2v) is 12.2. The first-order valence-electron chi connectivity index (χ1n) is 13.0. The van der Waals surface area contributed by atoms with Crippen molar-refractivity contribution in [1.82, 2.24) is 5.32 Å². The van der Waals surface area contributed by atoms with Crippen LogP contribution in [-0.2, 0) is 10.3 Å². The molecule has 4 rings (SSSR count). The minimum Gasteiger partial charge on any atom is -0.495 e. The molecule has 220 valence electrons. The van der Waals surface area contributed by atoms with Crippen molar-refractivity contribution < 1.29 is 28.2 Å². The van der Waals surface area contributed by atoms with Crippen LogP contribution in [0.4, 0.5) is 14.5 Å². The Bertz CT molecular complexity index is 1590.